The van der Waals surface area contributed by atoms with E-state index in [1.807, 2.05) is 47.1 Å². The van der Waals surface area contributed by atoms with Crippen LogP contribution in [0.2, 0.25) is 5.02 Å². The summed E-state index contributed by atoms with van der Waals surface area (Å²) in [5.74, 6) is 1.19. The van der Waals surface area contributed by atoms with Gasteiger partial charge in [-0.15, -0.1) is 0 Å². The van der Waals surface area contributed by atoms with Crippen molar-refractivity contribution in [2.75, 3.05) is 7.05 Å². The molecule has 0 spiro atoms. The number of nitrogens with zero attached hydrogens (tertiary/aromatic N) is 4. The third-order valence-electron chi connectivity index (χ3n) is 4.94. The SMILES string of the molecule is Cc1nn(-c2ccccc2)c(C)c1C[NH+](C)Cc1nc(-c2ccc(Cl)cc2)no1. The molecule has 0 amide bonds. The van der Waals surface area contributed by atoms with Crippen molar-refractivity contribution in [2.45, 2.75) is 26.9 Å². The second kappa shape index (κ2) is 8.19. The number of hydrogen-bond acceptors (Lipinski definition) is 4. The first-order valence-corrected chi connectivity index (χ1v) is 9.89. The zero-order valence-corrected chi connectivity index (χ0v) is 17.4. The summed E-state index contributed by atoms with van der Waals surface area (Å²) in [6, 6.07) is 17.6. The second-order valence-corrected chi connectivity index (χ2v) is 7.66. The minimum atomic E-state index is 0.578. The Hall–Kier alpha value is -2.96. The molecule has 4 rings (SSSR count). The summed E-state index contributed by atoms with van der Waals surface area (Å²) in [6.07, 6.45) is 0. The number of aryl methyl sites for hydroxylation is 1. The van der Waals surface area contributed by atoms with E-state index in [0.29, 0.717) is 23.3 Å². The molecule has 0 aliphatic heterocycles. The van der Waals surface area contributed by atoms with Crippen molar-refractivity contribution < 1.29 is 9.42 Å². The minimum absolute atomic E-state index is 0.578. The number of halogens is 1. The normalized spacial score (nSPS) is 12.3. The largest absolute Gasteiger partial charge is 0.333 e. The van der Waals surface area contributed by atoms with Crippen molar-refractivity contribution in [3.8, 4) is 17.1 Å². The van der Waals surface area contributed by atoms with E-state index in [4.69, 9.17) is 21.2 Å². The molecule has 1 N–H and O–H groups in total. The zero-order valence-electron chi connectivity index (χ0n) is 16.7. The molecule has 1 unspecified atom stereocenters. The lowest BCUT2D eigenvalue weighted by Gasteiger charge is -2.12. The zero-order chi connectivity index (χ0) is 20.4. The first-order chi connectivity index (χ1) is 14.0. The number of nitrogens with one attached hydrogen (secondary N) is 1. The van der Waals surface area contributed by atoms with Crippen molar-refractivity contribution in [1.29, 1.82) is 0 Å². The van der Waals surface area contributed by atoms with Gasteiger partial charge in [-0.25, -0.2) is 4.68 Å². The van der Waals surface area contributed by atoms with Crippen LogP contribution in [0.4, 0.5) is 0 Å². The molecule has 2 heterocycles. The number of benzene rings is 2. The maximum atomic E-state index is 5.94. The van der Waals surface area contributed by atoms with Crippen molar-refractivity contribution in [1.82, 2.24) is 19.9 Å². The van der Waals surface area contributed by atoms with Gasteiger partial charge in [-0.05, 0) is 50.2 Å². The molecular weight excluding hydrogens is 386 g/mol. The molecule has 0 saturated heterocycles. The van der Waals surface area contributed by atoms with Crippen molar-refractivity contribution in [2.24, 2.45) is 0 Å². The number of aromatic nitrogens is 4. The molecule has 148 valence electrons. The molecule has 6 nitrogen and oxygen atoms in total. The van der Waals surface area contributed by atoms with Gasteiger partial charge in [-0.2, -0.15) is 10.1 Å². The van der Waals surface area contributed by atoms with Gasteiger partial charge in [0.05, 0.1) is 29.7 Å². The van der Waals surface area contributed by atoms with Crippen LogP contribution in [0.5, 0.6) is 0 Å². The monoisotopic (exact) mass is 408 g/mol. The molecule has 0 aliphatic rings. The quantitative estimate of drug-likeness (QED) is 0.531. The molecule has 0 saturated carbocycles. The van der Waals surface area contributed by atoms with Crippen LogP contribution in [0.1, 0.15) is 22.8 Å². The average Bonchev–Trinajstić information content (AvgIpc) is 3.29. The summed E-state index contributed by atoms with van der Waals surface area (Å²) in [7, 11) is 2.12. The molecule has 0 bridgehead atoms. The third kappa shape index (κ3) is 4.23. The van der Waals surface area contributed by atoms with Crippen LogP contribution in [0, 0.1) is 13.8 Å². The highest BCUT2D eigenvalue weighted by atomic mass is 35.5. The van der Waals surface area contributed by atoms with Gasteiger partial charge in [0.25, 0.3) is 5.89 Å². The van der Waals surface area contributed by atoms with Crippen molar-refractivity contribution >= 4 is 11.6 Å². The van der Waals surface area contributed by atoms with E-state index in [0.717, 1.165) is 29.2 Å². The Morgan fingerprint density at radius 2 is 1.72 bits per heavy atom. The van der Waals surface area contributed by atoms with Gasteiger partial charge in [-0.1, -0.05) is 35.0 Å². The molecule has 0 fully saturated rings. The fourth-order valence-corrected chi connectivity index (χ4v) is 3.54. The Labute approximate surface area is 174 Å². The molecule has 2 aromatic heterocycles. The lowest BCUT2D eigenvalue weighted by atomic mass is 10.2. The predicted octanol–water partition coefficient (Wildman–Crippen LogP) is 3.41. The summed E-state index contributed by atoms with van der Waals surface area (Å²) in [5, 5.41) is 9.51. The Bertz CT molecular complexity index is 1100. The number of hydrogen-bond donors (Lipinski definition) is 1. The highest BCUT2D eigenvalue weighted by Gasteiger charge is 2.19. The molecule has 2 aromatic carbocycles. The van der Waals surface area contributed by atoms with Gasteiger partial charge in [0.1, 0.15) is 6.54 Å². The molecule has 0 aliphatic carbocycles. The van der Waals surface area contributed by atoms with E-state index in [1.165, 1.54) is 10.5 Å². The van der Waals surface area contributed by atoms with E-state index >= 15 is 0 Å². The van der Waals surface area contributed by atoms with E-state index in [1.54, 1.807) is 0 Å². The van der Waals surface area contributed by atoms with Crippen molar-refractivity contribution in [3.63, 3.8) is 0 Å². The molecule has 4 aromatic rings. The lowest BCUT2D eigenvalue weighted by Crippen LogP contribution is -3.06. The number of para-hydroxylation sites is 1. The van der Waals surface area contributed by atoms with Gasteiger partial charge in [0, 0.05) is 10.6 Å². The van der Waals surface area contributed by atoms with Crippen LogP contribution in [0.25, 0.3) is 17.1 Å². The number of quaternary nitrogens is 1. The summed E-state index contributed by atoms with van der Waals surface area (Å²) >= 11 is 5.94. The minimum Gasteiger partial charge on any atom is -0.333 e. The Balaban J connectivity index is 1.47. The molecule has 29 heavy (non-hydrogen) atoms. The van der Waals surface area contributed by atoms with Gasteiger partial charge < -0.3 is 9.42 Å². The Kier molecular flexibility index (Phi) is 5.47. The molecule has 1 atom stereocenters. The highest BCUT2D eigenvalue weighted by molar-refractivity contribution is 6.30. The predicted molar refractivity (Wildman–Crippen MR) is 112 cm³/mol. The standard InChI is InChI=1S/C22H22ClN5O/c1-15-20(16(2)28(25-15)19-7-5-4-6-8-19)13-27(3)14-21-24-22(26-29-21)17-9-11-18(23)12-10-17/h4-12H,13-14H2,1-3H3/p+1. The summed E-state index contributed by atoms with van der Waals surface area (Å²) in [6.45, 7) is 5.63. The fraction of sp³-hybridized carbons (Fsp3) is 0.227. The molecule has 7 heteroatoms. The number of rotatable bonds is 6. The van der Waals surface area contributed by atoms with E-state index < -0.39 is 0 Å². The summed E-state index contributed by atoms with van der Waals surface area (Å²) in [5.41, 5.74) is 5.39. The van der Waals surface area contributed by atoms with E-state index in [9.17, 15) is 0 Å². The smallest absolute Gasteiger partial charge is 0.282 e. The topological polar surface area (TPSA) is 61.2 Å². The van der Waals surface area contributed by atoms with Crippen LogP contribution >= 0.6 is 11.6 Å². The maximum absolute atomic E-state index is 5.94. The first-order valence-electron chi connectivity index (χ1n) is 9.51. The van der Waals surface area contributed by atoms with Crippen LogP contribution in [-0.2, 0) is 13.1 Å². The maximum Gasteiger partial charge on any atom is 0.282 e. The first kappa shape index (κ1) is 19.4. The van der Waals surface area contributed by atoms with Gasteiger partial charge in [0.15, 0.2) is 6.54 Å². The van der Waals surface area contributed by atoms with Crippen LogP contribution < -0.4 is 4.90 Å². The molecular formula is C22H23ClN5O+. The van der Waals surface area contributed by atoms with Crippen LogP contribution in [-0.4, -0.2) is 27.0 Å². The third-order valence-corrected chi connectivity index (χ3v) is 5.20. The highest BCUT2D eigenvalue weighted by Crippen LogP contribution is 2.19. The second-order valence-electron chi connectivity index (χ2n) is 7.23. The van der Waals surface area contributed by atoms with Crippen LogP contribution in [0.3, 0.4) is 0 Å². The van der Waals surface area contributed by atoms with E-state index in [-0.39, 0.29) is 0 Å². The molecule has 0 radical (unpaired) electrons. The van der Waals surface area contributed by atoms with Gasteiger partial charge in [-0.3, -0.25) is 0 Å². The summed E-state index contributed by atoms with van der Waals surface area (Å²) < 4.78 is 7.46. The van der Waals surface area contributed by atoms with Gasteiger partial charge in [0.2, 0.25) is 5.82 Å². The lowest BCUT2D eigenvalue weighted by molar-refractivity contribution is -0.909. The van der Waals surface area contributed by atoms with E-state index in [2.05, 4.69) is 43.2 Å². The Morgan fingerprint density at radius 1 is 1.00 bits per heavy atom. The average molecular weight is 409 g/mol. The summed E-state index contributed by atoms with van der Waals surface area (Å²) in [4.78, 5) is 5.77. The van der Waals surface area contributed by atoms with Crippen LogP contribution in [0.15, 0.2) is 59.1 Å². The fourth-order valence-electron chi connectivity index (χ4n) is 3.42. The van der Waals surface area contributed by atoms with Crippen molar-refractivity contribution in [3.05, 3.63) is 82.5 Å². The Morgan fingerprint density at radius 3 is 2.45 bits per heavy atom. The van der Waals surface area contributed by atoms with Gasteiger partial charge >= 0.3 is 0 Å².